The van der Waals surface area contributed by atoms with Crippen molar-refractivity contribution in [1.82, 2.24) is 4.90 Å². The van der Waals surface area contributed by atoms with Crippen molar-refractivity contribution < 1.29 is 9.53 Å². The van der Waals surface area contributed by atoms with Crippen LogP contribution >= 0.6 is 11.6 Å². The van der Waals surface area contributed by atoms with Crippen molar-refractivity contribution in [3.8, 4) is 0 Å². The second-order valence-corrected chi connectivity index (χ2v) is 3.69. The molecule has 0 saturated carbocycles. The zero-order valence-corrected chi connectivity index (χ0v) is 8.72. The molecule has 1 saturated heterocycles. The first kappa shape index (κ1) is 10.8. The Kier molecular flexibility index (Phi) is 4.53. The monoisotopic (exact) mass is 205 g/mol. The molecule has 0 bridgehead atoms. The molecule has 0 aromatic carbocycles. The molecule has 0 N–H and O–H groups in total. The molecule has 1 unspecified atom stereocenters. The van der Waals surface area contributed by atoms with Gasteiger partial charge < -0.3 is 9.64 Å². The van der Waals surface area contributed by atoms with Crippen LogP contribution in [0.1, 0.15) is 19.8 Å². The molecular formula is C9H16ClNO2. The molecule has 1 rings (SSSR count). The van der Waals surface area contributed by atoms with E-state index < -0.39 is 0 Å². The Morgan fingerprint density at radius 1 is 1.69 bits per heavy atom. The van der Waals surface area contributed by atoms with Crippen LogP contribution in [0.2, 0.25) is 0 Å². The van der Waals surface area contributed by atoms with Crippen LogP contribution in [0.4, 0.5) is 0 Å². The summed E-state index contributed by atoms with van der Waals surface area (Å²) in [4.78, 5) is 13.4. The van der Waals surface area contributed by atoms with Crippen LogP contribution in [0.5, 0.6) is 0 Å². The minimum atomic E-state index is 0.175. The van der Waals surface area contributed by atoms with Gasteiger partial charge in [-0.1, -0.05) is 0 Å². The first-order valence-electron chi connectivity index (χ1n) is 4.69. The zero-order valence-electron chi connectivity index (χ0n) is 7.96. The maximum absolute atomic E-state index is 11.5. The summed E-state index contributed by atoms with van der Waals surface area (Å²) in [6.45, 7) is 4.10. The van der Waals surface area contributed by atoms with Crippen LogP contribution in [0.15, 0.2) is 0 Å². The lowest BCUT2D eigenvalue weighted by Crippen LogP contribution is -2.44. The number of ether oxygens (including phenoxy) is 1. The SMILES string of the molecule is CC1CN(C(=O)CCCCl)CCO1. The van der Waals surface area contributed by atoms with Crippen molar-refractivity contribution in [3.63, 3.8) is 0 Å². The molecule has 0 aromatic rings. The lowest BCUT2D eigenvalue weighted by atomic mass is 10.2. The molecule has 0 aliphatic carbocycles. The number of hydrogen-bond acceptors (Lipinski definition) is 2. The highest BCUT2D eigenvalue weighted by Crippen LogP contribution is 2.07. The Bertz CT molecular complexity index is 175. The Hall–Kier alpha value is -0.280. The fourth-order valence-corrected chi connectivity index (χ4v) is 1.55. The van der Waals surface area contributed by atoms with Crippen molar-refractivity contribution in [2.45, 2.75) is 25.9 Å². The lowest BCUT2D eigenvalue weighted by molar-refractivity contribution is -0.138. The zero-order chi connectivity index (χ0) is 9.68. The van der Waals surface area contributed by atoms with E-state index >= 15 is 0 Å². The van der Waals surface area contributed by atoms with E-state index in [0.29, 0.717) is 18.9 Å². The Morgan fingerprint density at radius 2 is 2.46 bits per heavy atom. The molecule has 1 heterocycles. The number of morpholine rings is 1. The normalized spacial score (nSPS) is 23.2. The number of nitrogens with zero attached hydrogens (tertiary/aromatic N) is 1. The molecule has 1 atom stereocenters. The molecule has 0 aromatic heterocycles. The summed E-state index contributed by atoms with van der Waals surface area (Å²) < 4.78 is 5.34. The molecule has 76 valence electrons. The first-order chi connectivity index (χ1) is 6.24. The molecule has 1 fully saturated rings. The largest absolute Gasteiger partial charge is 0.375 e. The third kappa shape index (κ3) is 3.53. The molecule has 13 heavy (non-hydrogen) atoms. The maximum Gasteiger partial charge on any atom is 0.222 e. The molecular weight excluding hydrogens is 190 g/mol. The van der Waals surface area contributed by atoms with Crippen LogP contribution in [0.25, 0.3) is 0 Å². The number of carbonyl (C=O) groups is 1. The van der Waals surface area contributed by atoms with Gasteiger partial charge in [0.15, 0.2) is 0 Å². The van der Waals surface area contributed by atoms with Crippen molar-refractivity contribution in [2.24, 2.45) is 0 Å². The summed E-state index contributed by atoms with van der Waals surface area (Å²) in [5, 5.41) is 0. The fraction of sp³-hybridized carbons (Fsp3) is 0.889. The van der Waals surface area contributed by atoms with Gasteiger partial charge >= 0.3 is 0 Å². The number of halogens is 1. The molecule has 4 heteroatoms. The first-order valence-corrected chi connectivity index (χ1v) is 5.23. The van der Waals surface area contributed by atoms with E-state index in [-0.39, 0.29) is 12.0 Å². The third-order valence-electron chi connectivity index (χ3n) is 2.12. The molecule has 0 radical (unpaired) electrons. The minimum Gasteiger partial charge on any atom is -0.375 e. The number of amides is 1. The highest BCUT2D eigenvalue weighted by molar-refractivity contribution is 6.17. The molecule has 1 amide bonds. The van der Waals surface area contributed by atoms with Gasteiger partial charge in [-0.25, -0.2) is 0 Å². The van der Waals surface area contributed by atoms with E-state index in [1.54, 1.807) is 0 Å². The standard InChI is InChI=1S/C9H16ClNO2/c1-8-7-11(5-6-13-8)9(12)3-2-4-10/h8H,2-7H2,1H3. The predicted octanol–water partition coefficient (Wildman–Crippen LogP) is 1.25. The van der Waals surface area contributed by atoms with Crippen LogP contribution < -0.4 is 0 Å². The summed E-state index contributed by atoms with van der Waals surface area (Å²) in [7, 11) is 0. The highest BCUT2D eigenvalue weighted by Gasteiger charge is 2.20. The van der Waals surface area contributed by atoms with E-state index in [0.717, 1.165) is 19.5 Å². The Balaban J connectivity index is 2.28. The molecule has 3 nitrogen and oxygen atoms in total. The summed E-state index contributed by atoms with van der Waals surface area (Å²) in [5.74, 6) is 0.766. The van der Waals surface area contributed by atoms with Gasteiger partial charge in [-0.15, -0.1) is 11.6 Å². The summed E-state index contributed by atoms with van der Waals surface area (Å²) in [6.07, 6.45) is 1.51. The quantitative estimate of drug-likeness (QED) is 0.650. The van der Waals surface area contributed by atoms with E-state index in [9.17, 15) is 4.79 Å². The average molecular weight is 206 g/mol. The van der Waals surface area contributed by atoms with Gasteiger partial charge in [-0.05, 0) is 13.3 Å². The Labute approximate surface area is 84.0 Å². The van der Waals surface area contributed by atoms with Crippen molar-refractivity contribution >= 4 is 17.5 Å². The summed E-state index contributed by atoms with van der Waals surface area (Å²) in [6, 6.07) is 0. The van der Waals surface area contributed by atoms with Crippen LogP contribution in [-0.4, -0.2) is 42.5 Å². The van der Waals surface area contributed by atoms with Gasteiger partial charge in [0.2, 0.25) is 5.91 Å². The number of alkyl halides is 1. The smallest absolute Gasteiger partial charge is 0.222 e. The minimum absolute atomic E-state index is 0.175. The number of hydrogen-bond donors (Lipinski definition) is 0. The summed E-state index contributed by atoms with van der Waals surface area (Å²) >= 11 is 5.52. The van der Waals surface area contributed by atoms with Crippen LogP contribution in [0.3, 0.4) is 0 Å². The molecule has 0 spiro atoms. The second kappa shape index (κ2) is 5.45. The van der Waals surface area contributed by atoms with Gasteiger partial charge in [0.05, 0.1) is 12.7 Å². The van der Waals surface area contributed by atoms with E-state index in [2.05, 4.69) is 0 Å². The van der Waals surface area contributed by atoms with Crippen LogP contribution in [-0.2, 0) is 9.53 Å². The maximum atomic E-state index is 11.5. The molecule has 1 aliphatic rings. The predicted molar refractivity (Wildman–Crippen MR) is 51.9 cm³/mol. The lowest BCUT2D eigenvalue weighted by Gasteiger charge is -2.31. The van der Waals surface area contributed by atoms with Crippen molar-refractivity contribution in [1.29, 1.82) is 0 Å². The number of carbonyl (C=O) groups excluding carboxylic acids is 1. The van der Waals surface area contributed by atoms with Crippen molar-refractivity contribution in [3.05, 3.63) is 0 Å². The van der Waals surface area contributed by atoms with E-state index in [1.807, 2.05) is 11.8 Å². The topological polar surface area (TPSA) is 29.5 Å². The van der Waals surface area contributed by atoms with Gasteiger partial charge in [0.25, 0.3) is 0 Å². The van der Waals surface area contributed by atoms with E-state index in [4.69, 9.17) is 16.3 Å². The van der Waals surface area contributed by atoms with Gasteiger partial charge in [-0.2, -0.15) is 0 Å². The number of rotatable bonds is 3. The van der Waals surface area contributed by atoms with Crippen LogP contribution in [0, 0.1) is 0 Å². The highest BCUT2D eigenvalue weighted by atomic mass is 35.5. The van der Waals surface area contributed by atoms with Crippen molar-refractivity contribution in [2.75, 3.05) is 25.6 Å². The fourth-order valence-electron chi connectivity index (χ4n) is 1.42. The third-order valence-corrected chi connectivity index (χ3v) is 2.39. The Morgan fingerprint density at radius 3 is 3.08 bits per heavy atom. The van der Waals surface area contributed by atoms with Gasteiger partial charge in [-0.3, -0.25) is 4.79 Å². The molecule has 1 aliphatic heterocycles. The van der Waals surface area contributed by atoms with E-state index in [1.165, 1.54) is 0 Å². The summed E-state index contributed by atoms with van der Waals surface area (Å²) in [5.41, 5.74) is 0. The second-order valence-electron chi connectivity index (χ2n) is 3.31. The van der Waals surface area contributed by atoms with Gasteiger partial charge in [0.1, 0.15) is 0 Å². The van der Waals surface area contributed by atoms with Gasteiger partial charge in [0, 0.05) is 25.4 Å². The average Bonchev–Trinajstić information content (AvgIpc) is 2.14.